The van der Waals surface area contributed by atoms with E-state index < -0.39 is 11.2 Å². The highest BCUT2D eigenvalue weighted by Gasteiger charge is 2.35. The van der Waals surface area contributed by atoms with Gasteiger partial charge in [-0.1, -0.05) is 11.5 Å². The lowest BCUT2D eigenvalue weighted by atomic mass is 9.80. The van der Waals surface area contributed by atoms with Crippen LogP contribution >= 0.6 is 0 Å². The average molecular weight is 312 g/mol. The van der Waals surface area contributed by atoms with Crippen molar-refractivity contribution in [1.82, 2.24) is 5.32 Å². The number of carbonyl (C=O) groups is 1. The van der Waals surface area contributed by atoms with Crippen LogP contribution in [0, 0.1) is 0 Å². The molecule has 0 aromatic carbocycles. The first-order chi connectivity index (χ1) is 9.89. The zero-order valence-electron chi connectivity index (χ0n) is 15.0. The molecule has 2 N–H and O–H groups in total. The molecule has 0 fully saturated rings. The molecule has 1 heterocycles. The molecular weight excluding hydrogens is 281 g/mol. The number of ether oxygens (including phenoxy) is 1. The molecule has 0 amide bonds. The Morgan fingerprint density at radius 3 is 2.14 bits per heavy atom. The van der Waals surface area contributed by atoms with Crippen molar-refractivity contribution in [2.24, 2.45) is 0 Å². The van der Waals surface area contributed by atoms with Gasteiger partial charge in [0, 0.05) is 6.54 Å². The third-order valence-electron chi connectivity index (χ3n) is 3.48. The van der Waals surface area contributed by atoms with Crippen molar-refractivity contribution < 1.29 is 19.3 Å². The van der Waals surface area contributed by atoms with Gasteiger partial charge < -0.3 is 19.8 Å². The number of rotatable bonds is 5. The van der Waals surface area contributed by atoms with Gasteiger partial charge in [0.15, 0.2) is 0 Å². The van der Waals surface area contributed by atoms with E-state index in [1.165, 1.54) is 5.47 Å². The van der Waals surface area contributed by atoms with E-state index in [2.05, 4.69) is 16.1 Å². The second kappa shape index (κ2) is 8.70. The summed E-state index contributed by atoms with van der Waals surface area (Å²) in [5.41, 5.74) is -0.539. The van der Waals surface area contributed by atoms with Gasteiger partial charge >= 0.3 is 7.48 Å². The smallest absolute Gasteiger partial charge is 0.326 e. The summed E-state index contributed by atoms with van der Waals surface area (Å²) in [6.45, 7) is 15.1. The summed E-state index contributed by atoms with van der Waals surface area (Å²) in [5, 5.41) is 13.1. The second-order valence-corrected chi connectivity index (χ2v) is 7.36. The highest BCUT2D eigenvalue weighted by molar-refractivity contribution is 6.38. The first-order valence-corrected chi connectivity index (χ1v) is 7.64. The second-order valence-electron chi connectivity index (χ2n) is 7.36. The van der Waals surface area contributed by atoms with Gasteiger partial charge in [0.1, 0.15) is 5.60 Å². The Bertz CT molecular complexity index is 367. The Balaban J connectivity index is 0.000000534. The summed E-state index contributed by atoms with van der Waals surface area (Å²) >= 11 is 0. The summed E-state index contributed by atoms with van der Waals surface area (Å²) in [6.07, 6.45) is 3.10. The number of carbonyl (C=O) groups excluding carboxylic acids is 1. The largest absolute Gasteiger partial charge is 0.462 e. The van der Waals surface area contributed by atoms with Gasteiger partial charge in [-0.3, -0.25) is 4.79 Å². The maximum atomic E-state index is 9.90. The zero-order valence-corrected chi connectivity index (χ0v) is 15.0. The Hall–Kier alpha value is -0.845. The van der Waals surface area contributed by atoms with E-state index in [0.29, 0.717) is 6.47 Å². The minimum Gasteiger partial charge on any atom is -0.462 e. The molecule has 0 aromatic rings. The number of hydrogen-bond donors (Lipinski definition) is 2. The predicted octanol–water partition coefficient (Wildman–Crippen LogP) is 2.01. The first kappa shape index (κ1) is 21.2. The van der Waals surface area contributed by atoms with Crippen LogP contribution in [0.3, 0.4) is 0 Å². The molecule has 0 atom stereocenters. The highest BCUT2D eigenvalue weighted by atomic mass is 16.5. The molecule has 1 rings (SSSR count). The van der Waals surface area contributed by atoms with Crippen LogP contribution in [0.5, 0.6) is 0 Å². The fourth-order valence-electron chi connectivity index (χ4n) is 1.26. The molecule has 5 nitrogen and oxygen atoms in total. The van der Waals surface area contributed by atoms with Crippen LogP contribution in [0.1, 0.15) is 54.9 Å². The summed E-state index contributed by atoms with van der Waals surface area (Å²) in [5.74, 6) is 0. The summed E-state index contributed by atoms with van der Waals surface area (Å²) in [6, 6.07) is 0. The number of nitrogens with one attached hydrogen (secondary N) is 1. The molecule has 127 valence electrons. The van der Waals surface area contributed by atoms with Crippen molar-refractivity contribution in [3.63, 3.8) is 0 Å². The van der Waals surface area contributed by atoms with Gasteiger partial charge in [-0.05, 0) is 61.4 Å². The van der Waals surface area contributed by atoms with Gasteiger partial charge in [-0.25, -0.2) is 0 Å². The van der Waals surface area contributed by atoms with Crippen molar-refractivity contribution in [1.29, 1.82) is 0 Å². The molecule has 0 saturated heterocycles. The molecule has 1 aliphatic rings. The first-order valence-electron chi connectivity index (χ1n) is 7.64. The van der Waals surface area contributed by atoms with Crippen molar-refractivity contribution in [2.75, 3.05) is 13.1 Å². The van der Waals surface area contributed by atoms with Crippen LogP contribution < -0.4 is 5.32 Å². The maximum Gasteiger partial charge on any atom is 0.326 e. The predicted molar refractivity (Wildman–Crippen MR) is 89.7 cm³/mol. The normalized spacial score (nSPS) is 16.1. The molecule has 0 saturated carbocycles. The van der Waals surface area contributed by atoms with Crippen molar-refractivity contribution in [3.05, 3.63) is 11.5 Å². The lowest BCUT2D eigenvalue weighted by molar-refractivity contribution is -0.138. The monoisotopic (exact) mass is 312 g/mol. The number of hydrogen-bond acceptors (Lipinski definition) is 5. The van der Waals surface area contributed by atoms with Crippen LogP contribution in [-0.2, 0) is 14.2 Å². The maximum absolute atomic E-state index is 9.90. The molecule has 0 spiro atoms. The molecule has 0 unspecified atom stereocenters. The van der Waals surface area contributed by atoms with E-state index in [1.807, 2.05) is 34.6 Å². The Morgan fingerprint density at radius 2 is 1.82 bits per heavy atom. The quantitative estimate of drug-likeness (QED) is 0.600. The van der Waals surface area contributed by atoms with Gasteiger partial charge in [0.25, 0.3) is 6.47 Å². The third-order valence-corrected chi connectivity index (χ3v) is 3.48. The zero-order chi connectivity index (χ0) is 17.4. The summed E-state index contributed by atoms with van der Waals surface area (Å²) < 4.78 is 10.2. The van der Waals surface area contributed by atoms with Crippen LogP contribution in [0.25, 0.3) is 0 Å². The summed E-state index contributed by atoms with van der Waals surface area (Å²) in [7, 11) is 1.78. The SMILES string of the molecule is CC(C)(C)OC=O.CC(C)(O)C(C)(C)O[B]C1=CCNCC1. The van der Waals surface area contributed by atoms with Crippen LogP contribution in [-0.4, -0.2) is 49.0 Å². The van der Waals surface area contributed by atoms with Crippen LogP contribution in [0.4, 0.5) is 0 Å². The molecule has 0 aliphatic carbocycles. The van der Waals surface area contributed by atoms with Gasteiger partial charge in [0.2, 0.25) is 0 Å². The average Bonchev–Trinajstić information content (AvgIpc) is 2.36. The van der Waals surface area contributed by atoms with Crippen molar-refractivity contribution in [3.8, 4) is 0 Å². The minimum absolute atomic E-state index is 0.318. The van der Waals surface area contributed by atoms with Crippen molar-refractivity contribution in [2.45, 2.75) is 71.7 Å². The van der Waals surface area contributed by atoms with Crippen LogP contribution in [0.15, 0.2) is 11.5 Å². The fourth-order valence-corrected chi connectivity index (χ4v) is 1.26. The standard InChI is InChI=1S/C11H21BNO2.C5H10O2/c1-10(2,14)11(3,4)15-12-9-5-7-13-8-6-9;1-5(2,3)7-4-6/h5,13-14H,6-8H2,1-4H3;4H,1-3H3. The minimum atomic E-state index is -0.850. The van der Waals surface area contributed by atoms with Gasteiger partial charge in [0.05, 0.1) is 11.2 Å². The topological polar surface area (TPSA) is 67.8 Å². The van der Waals surface area contributed by atoms with Gasteiger partial charge in [-0.15, -0.1) is 0 Å². The lowest BCUT2D eigenvalue weighted by Gasteiger charge is -2.38. The number of aliphatic hydroxyl groups is 1. The van der Waals surface area contributed by atoms with Crippen LogP contribution in [0.2, 0.25) is 0 Å². The fraction of sp³-hybridized carbons (Fsp3) is 0.812. The molecule has 6 heteroatoms. The van der Waals surface area contributed by atoms with E-state index in [0.717, 1.165) is 19.5 Å². The Morgan fingerprint density at radius 1 is 1.23 bits per heavy atom. The molecular formula is C16H31BNO4. The Kier molecular flexibility index (Phi) is 8.37. The van der Waals surface area contributed by atoms with E-state index in [4.69, 9.17) is 4.65 Å². The molecule has 1 radical (unpaired) electrons. The van der Waals surface area contributed by atoms with Gasteiger partial charge in [-0.2, -0.15) is 0 Å². The van der Waals surface area contributed by atoms with Crippen molar-refractivity contribution >= 4 is 14.0 Å². The Labute approximate surface area is 135 Å². The van der Waals surface area contributed by atoms with E-state index in [-0.39, 0.29) is 5.60 Å². The van der Waals surface area contributed by atoms with E-state index in [9.17, 15) is 9.90 Å². The molecule has 1 aliphatic heterocycles. The molecule has 22 heavy (non-hydrogen) atoms. The molecule has 0 aromatic heterocycles. The highest BCUT2D eigenvalue weighted by Crippen LogP contribution is 2.25. The molecule has 0 bridgehead atoms. The lowest BCUT2D eigenvalue weighted by Crippen LogP contribution is -2.48. The summed E-state index contributed by atoms with van der Waals surface area (Å²) in [4.78, 5) is 9.60. The van der Waals surface area contributed by atoms with E-state index in [1.54, 1.807) is 21.3 Å². The third kappa shape index (κ3) is 9.23. The van der Waals surface area contributed by atoms with E-state index >= 15 is 0 Å².